The van der Waals surface area contributed by atoms with Crippen molar-refractivity contribution in [2.45, 2.75) is 26.3 Å². The van der Waals surface area contributed by atoms with Gasteiger partial charge in [0.05, 0.1) is 0 Å². The van der Waals surface area contributed by atoms with Crippen LogP contribution in [-0.4, -0.2) is 38.8 Å². The molecular formula is C11H17N3O2. The lowest BCUT2D eigenvalue weighted by molar-refractivity contribution is 0.0687. The number of aromatic nitrogens is 2. The van der Waals surface area contributed by atoms with Crippen molar-refractivity contribution in [3.63, 3.8) is 0 Å². The van der Waals surface area contributed by atoms with Crippen molar-refractivity contribution in [2.75, 3.05) is 13.1 Å². The average Bonchev–Trinajstić information content (AvgIpc) is 2.57. The highest BCUT2D eigenvalue weighted by atomic mass is 16.4. The van der Waals surface area contributed by atoms with Crippen LogP contribution in [0.1, 0.15) is 35.1 Å². The van der Waals surface area contributed by atoms with Crippen LogP contribution in [0.3, 0.4) is 0 Å². The van der Waals surface area contributed by atoms with Gasteiger partial charge in [-0.25, -0.2) is 4.79 Å². The number of fused-ring (bicyclic) bond motifs is 1. The topological polar surface area (TPSA) is 58.4 Å². The first-order chi connectivity index (χ1) is 7.63. The Morgan fingerprint density at radius 2 is 2.31 bits per heavy atom. The first-order valence-electron chi connectivity index (χ1n) is 5.64. The number of nitrogens with zero attached hydrogens (tertiary/aromatic N) is 3. The van der Waals surface area contributed by atoms with E-state index in [-0.39, 0.29) is 5.69 Å². The summed E-state index contributed by atoms with van der Waals surface area (Å²) in [7, 11) is 1.82. The number of carboxylic acid groups (broad SMARTS) is 1. The van der Waals surface area contributed by atoms with Crippen LogP contribution in [0.4, 0.5) is 0 Å². The van der Waals surface area contributed by atoms with Gasteiger partial charge in [-0.2, -0.15) is 5.10 Å². The number of hydrogen-bond acceptors (Lipinski definition) is 3. The zero-order chi connectivity index (χ0) is 11.7. The lowest BCUT2D eigenvalue weighted by atomic mass is 10.0. The first-order valence-corrected chi connectivity index (χ1v) is 5.64. The third kappa shape index (κ3) is 1.82. The van der Waals surface area contributed by atoms with Crippen molar-refractivity contribution in [1.29, 1.82) is 0 Å². The van der Waals surface area contributed by atoms with Gasteiger partial charge in [0, 0.05) is 37.8 Å². The summed E-state index contributed by atoms with van der Waals surface area (Å²) in [6.07, 6.45) is 1.99. The molecule has 0 spiro atoms. The highest BCUT2D eigenvalue weighted by Gasteiger charge is 2.26. The first kappa shape index (κ1) is 11.1. The highest BCUT2D eigenvalue weighted by Crippen LogP contribution is 2.22. The lowest BCUT2D eigenvalue weighted by Crippen LogP contribution is -2.32. The lowest BCUT2D eigenvalue weighted by Gasteiger charge is -2.26. The standard InChI is InChI=1S/C11H17N3O2/c1-3-5-14-6-4-9-8(7-14)10(11(15)16)12-13(9)2/h3-7H2,1-2H3,(H,15,16). The predicted octanol–water partition coefficient (Wildman–Crippen LogP) is 0.886. The second-order valence-electron chi connectivity index (χ2n) is 4.23. The summed E-state index contributed by atoms with van der Waals surface area (Å²) in [6.45, 7) is 4.88. The summed E-state index contributed by atoms with van der Waals surface area (Å²) in [5.41, 5.74) is 2.19. The number of aromatic carboxylic acids is 1. The molecule has 5 nitrogen and oxygen atoms in total. The van der Waals surface area contributed by atoms with Gasteiger partial charge in [-0.05, 0) is 13.0 Å². The largest absolute Gasteiger partial charge is 0.476 e. The molecule has 0 amide bonds. The Balaban J connectivity index is 2.31. The Bertz CT molecular complexity index is 412. The van der Waals surface area contributed by atoms with Crippen molar-refractivity contribution in [1.82, 2.24) is 14.7 Å². The molecule has 0 bridgehead atoms. The van der Waals surface area contributed by atoms with E-state index in [0.717, 1.165) is 43.7 Å². The molecule has 2 rings (SSSR count). The van der Waals surface area contributed by atoms with Crippen molar-refractivity contribution in [3.05, 3.63) is 17.0 Å². The van der Waals surface area contributed by atoms with Gasteiger partial charge in [0.25, 0.3) is 0 Å². The van der Waals surface area contributed by atoms with Crippen LogP contribution in [0.25, 0.3) is 0 Å². The second kappa shape index (κ2) is 4.25. The molecule has 0 aromatic carbocycles. The SMILES string of the molecule is CCCN1CCc2c(c(C(=O)O)nn2C)C1. The molecule has 88 valence electrons. The molecule has 1 aromatic heterocycles. The minimum absolute atomic E-state index is 0.221. The maximum atomic E-state index is 11.1. The minimum atomic E-state index is -0.921. The summed E-state index contributed by atoms with van der Waals surface area (Å²) in [4.78, 5) is 13.3. The molecule has 5 heteroatoms. The van der Waals surface area contributed by atoms with Crippen molar-refractivity contribution in [3.8, 4) is 0 Å². The van der Waals surface area contributed by atoms with E-state index in [1.807, 2.05) is 7.05 Å². The van der Waals surface area contributed by atoms with Crippen molar-refractivity contribution < 1.29 is 9.90 Å². The van der Waals surface area contributed by atoms with Gasteiger partial charge in [0.15, 0.2) is 5.69 Å². The Morgan fingerprint density at radius 3 is 2.94 bits per heavy atom. The number of carboxylic acids is 1. The fourth-order valence-corrected chi connectivity index (χ4v) is 2.33. The number of hydrogen-bond donors (Lipinski definition) is 1. The van der Waals surface area contributed by atoms with E-state index >= 15 is 0 Å². The number of rotatable bonds is 3. The van der Waals surface area contributed by atoms with Crippen LogP contribution in [-0.2, 0) is 20.0 Å². The van der Waals surface area contributed by atoms with E-state index in [9.17, 15) is 4.79 Å². The highest BCUT2D eigenvalue weighted by molar-refractivity contribution is 5.87. The van der Waals surface area contributed by atoms with Gasteiger partial charge in [0.1, 0.15) is 0 Å². The molecule has 1 aliphatic rings. The molecule has 1 N–H and O–H groups in total. The maximum absolute atomic E-state index is 11.1. The normalized spacial score (nSPS) is 16.1. The zero-order valence-electron chi connectivity index (χ0n) is 9.73. The van der Waals surface area contributed by atoms with Crippen LogP contribution < -0.4 is 0 Å². The van der Waals surface area contributed by atoms with Crippen LogP contribution in [0.2, 0.25) is 0 Å². The Morgan fingerprint density at radius 1 is 1.56 bits per heavy atom. The van der Waals surface area contributed by atoms with E-state index in [1.54, 1.807) is 4.68 Å². The summed E-state index contributed by atoms with van der Waals surface area (Å²) in [6, 6.07) is 0. The second-order valence-corrected chi connectivity index (χ2v) is 4.23. The number of aryl methyl sites for hydroxylation is 1. The third-order valence-electron chi connectivity index (χ3n) is 3.06. The van der Waals surface area contributed by atoms with E-state index in [1.165, 1.54) is 0 Å². The Labute approximate surface area is 94.7 Å². The molecule has 0 aliphatic carbocycles. The third-order valence-corrected chi connectivity index (χ3v) is 3.06. The Kier molecular flexibility index (Phi) is 2.96. The van der Waals surface area contributed by atoms with E-state index in [2.05, 4.69) is 16.9 Å². The fraction of sp³-hybridized carbons (Fsp3) is 0.636. The van der Waals surface area contributed by atoms with Crippen LogP contribution >= 0.6 is 0 Å². The molecular weight excluding hydrogens is 206 g/mol. The molecule has 0 radical (unpaired) electrons. The molecule has 0 saturated heterocycles. The smallest absolute Gasteiger partial charge is 0.356 e. The quantitative estimate of drug-likeness (QED) is 0.826. The van der Waals surface area contributed by atoms with Crippen molar-refractivity contribution in [2.24, 2.45) is 7.05 Å². The van der Waals surface area contributed by atoms with E-state index in [0.29, 0.717) is 0 Å². The number of carbonyl (C=O) groups is 1. The van der Waals surface area contributed by atoms with E-state index < -0.39 is 5.97 Å². The molecule has 1 aromatic rings. The van der Waals surface area contributed by atoms with Crippen LogP contribution in [0.15, 0.2) is 0 Å². The molecule has 1 aliphatic heterocycles. The Hall–Kier alpha value is -1.36. The zero-order valence-corrected chi connectivity index (χ0v) is 9.73. The molecule has 16 heavy (non-hydrogen) atoms. The summed E-state index contributed by atoms with van der Waals surface area (Å²) < 4.78 is 1.71. The summed E-state index contributed by atoms with van der Waals surface area (Å²) in [5, 5.41) is 13.2. The molecule has 0 fully saturated rings. The fourth-order valence-electron chi connectivity index (χ4n) is 2.33. The molecule has 2 heterocycles. The van der Waals surface area contributed by atoms with E-state index in [4.69, 9.17) is 5.11 Å². The summed E-state index contributed by atoms with van der Waals surface area (Å²) in [5.74, 6) is -0.921. The molecule has 0 unspecified atom stereocenters. The average molecular weight is 223 g/mol. The van der Waals surface area contributed by atoms with Gasteiger partial charge in [-0.1, -0.05) is 6.92 Å². The minimum Gasteiger partial charge on any atom is -0.476 e. The van der Waals surface area contributed by atoms with Crippen molar-refractivity contribution >= 4 is 5.97 Å². The monoisotopic (exact) mass is 223 g/mol. The van der Waals surface area contributed by atoms with Crippen LogP contribution in [0.5, 0.6) is 0 Å². The van der Waals surface area contributed by atoms with Crippen LogP contribution in [0, 0.1) is 0 Å². The van der Waals surface area contributed by atoms with Gasteiger partial charge < -0.3 is 5.11 Å². The molecule has 0 atom stereocenters. The molecule has 0 saturated carbocycles. The van der Waals surface area contributed by atoms with Gasteiger partial charge in [0.2, 0.25) is 0 Å². The predicted molar refractivity (Wildman–Crippen MR) is 59.4 cm³/mol. The van der Waals surface area contributed by atoms with Gasteiger partial charge in [-0.15, -0.1) is 0 Å². The van der Waals surface area contributed by atoms with Gasteiger partial charge in [-0.3, -0.25) is 9.58 Å². The van der Waals surface area contributed by atoms with Gasteiger partial charge >= 0.3 is 5.97 Å². The maximum Gasteiger partial charge on any atom is 0.356 e. The summed E-state index contributed by atoms with van der Waals surface area (Å²) >= 11 is 0.